The Labute approximate surface area is 152 Å². The Balaban J connectivity index is 1.50. The van der Waals surface area contributed by atoms with Crippen LogP contribution >= 0.6 is 0 Å². The number of nitrogens with zero attached hydrogens (tertiary/aromatic N) is 1. The van der Waals surface area contributed by atoms with Crippen molar-refractivity contribution in [3.05, 3.63) is 0 Å². The van der Waals surface area contributed by atoms with Gasteiger partial charge in [-0.3, -0.25) is 9.59 Å². The second-order valence-electron chi connectivity index (χ2n) is 8.89. The molecule has 0 aromatic carbocycles. The number of carbonyl (C=O) groups is 2. The third-order valence-electron chi connectivity index (χ3n) is 6.31. The van der Waals surface area contributed by atoms with Gasteiger partial charge in [-0.2, -0.15) is 0 Å². The van der Waals surface area contributed by atoms with Crippen LogP contribution in [0.25, 0.3) is 0 Å². The molecule has 2 amide bonds. The molecule has 2 unspecified atom stereocenters. The molecule has 1 aliphatic carbocycles. The molecule has 2 saturated heterocycles. The van der Waals surface area contributed by atoms with E-state index in [0.29, 0.717) is 24.3 Å². The summed E-state index contributed by atoms with van der Waals surface area (Å²) in [7, 11) is 0. The highest BCUT2D eigenvalue weighted by Crippen LogP contribution is 2.47. The predicted molar refractivity (Wildman–Crippen MR) is 99.1 cm³/mol. The molecule has 0 aromatic rings. The molecule has 5 nitrogen and oxygen atoms in total. The summed E-state index contributed by atoms with van der Waals surface area (Å²) in [5.41, 5.74) is -0.0763. The lowest BCUT2D eigenvalue weighted by Gasteiger charge is -2.46. The Morgan fingerprint density at radius 3 is 2.60 bits per heavy atom. The summed E-state index contributed by atoms with van der Waals surface area (Å²) in [4.78, 5) is 27.5. The van der Waals surface area contributed by atoms with Crippen LogP contribution in [0.5, 0.6) is 0 Å². The monoisotopic (exact) mass is 349 g/mol. The molecule has 2 atom stereocenters. The van der Waals surface area contributed by atoms with Crippen molar-refractivity contribution in [1.82, 2.24) is 15.5 Å². The molecule has 0 aromatic heterocycles. The van der Waals surface area contributed by atoms with Gasteiger partial charge in [0.25, 0.3) is 0 Å². The highest BCUT2D eigenvalue weighted by Gasteiger charge is 2.46. The van der Waals surface area contributed by atoms with Crippen molar-refractivity contribution in [2.75, 3.05) is 26.2 Å². The normalized spacial score (nSPS) is 28.7. The summed E-state index contributed by atoms with van der Waals surface area (Å²) in [6.07, 6.45) is 8.55. The van der Waals surface area contributed by atoms with Crippen molar-refractivity contribution in [2.24, 2.45) is 17.3 Å². The summed E-state index contributed by atoms with van der Waals surface area (Å²) >= 11 is 0. The van der Waals surface area contributed by atoms with E-state index < -0.39 is 0 Å². The molecule has 1 saturated carbocycles. The average Bonchev–Trinajstić information content (AvgIpc) is 3.10. The Hall–Kier alpha value is -1.10. The van der Waals surface area contributed by atoms with Crippen LogP contribution in [0, 0.1) is 17.3 Å². The van der Waals surface area contributed by atoms with Crippen LogP contribution in [-0.2, 0) is 9.59 Å². The quantitative estimate of drug-likeness (QED) is 0.773. The zero-order valence-electron chi connectivity index (χ0n) is 16.0. The smallest absolute Gasteiger partial charge is 0.237 e. The predicted octanol–water partition coefficient (Wildman–Crippen LogP) is 2.31. The van der Waals surface area contributed by atoms with Gasteiger partial charge < -0.3 is 15.5 Å². The first-order chi connectivity index (χ1) is 12.0. The molecule has 142 valence electrons. The Bertz CT molecular complexity index is 481. The summed E-state index contributed by atoms with van der Waals surface area (Å²) < 4.78 is 0. The summed E-state index contributed by atoms with van der Waals surface area (Å²) in [5, 5.41) is 6.36. The first kappa shape index (κ1) is 18.7. The van der Waals surface area contributed by atoms with E-state index in [2.05, 4.69) is 29.4 Å². The van der Waals surface area contributed by atoms with Crippen molar-refractivity contribution in [1.29, 1.82) is 0 Å². The standard InChI is InChI=1S/C20H35N3O2/c1-15(2)12-20(8-5-9-20)19(25)23-11-4-6-16(14-23)13-22-18(24)17-7-3-10-21-17/h15-17,21H,3-14H2,1-2H3,(H,22,24). The number of piperidine rings is 1. The minimum absolute atomic E-state index is 0.00869. The SMILES string of the molecule is CC(C)CC1(C(=O)N2CCCC(CNC(=O)C3CCCN3)C2)CCC1. The first-order valence-corrected chi connectivity index (χ1v) is 10.3. The van der Waals surface area contributed by atoms with Crippen molar-refractivity contribution in [2.45, 2.75) is 71.3 Å². The van der Waals surface area contributed by atoms with E-state index in [0.717, 1.165) is 64.6 Å². The summed E-state index contributed by atoms with van der Waals surface area (Å²) in [5.74, 6) is 1.50. The number of likely N-dealkylation sites (tertiary alicyclic amines) is 1. The van der Waals surface area contributed by atoms with E-state index in [1.165, 1.54) is 6.42 Å². The van der Waals surface area contributed by atoms with E-state index in [9.17, 15) is 9.59 Å². The van der Waals surface area contributed by atoms with Gasteiger partial charge in [0.2, 0.25) is 11.8 Å². The Morgan fingerprint density at radius 1 is 1.20 bits per heavy atom. The van der Waals surface area contributed by atoms with Gasteiger partial charge in [-0.1, -0.05) is 20.3 Å². The molecular formula is C20H35N3O2. The van der Waals surface area contributed by atoms with E-state index in [4.69, 9.17) is 0 Å². The van der Waals surface area contributed by atoms with Gasteiger partial charge in [0.05, 0.1) is 6.04 Å². The highest BCUT2D eigenvalue weighted by molar-refractivity contribution is 5.84. The largest absolute Gasteiger partial charge is 0.354 e. The first-order valence-electron chi connectivity index (χ1n) is 10.3. The summed E-state index contributed by atoms with van der Waals surface area (Å²) in [6.45, 7) is 7.81. The van der Waals surface area contributed by atoms with Crippen molar-refractivity contribution >= 4 is 11.8 Å². The van der Waals surface area contributed by atoms with Gasteiger partial charge in [0.15, 0.2) is 0 Å². The Kier molecular flexibility index (Phi) is 6.03. The Morgan fingerprint density at radius 2 is 2.00 bits per heavy atom. The minimum atomic E-state index is -0.0763. The number of nitrogens with one attached hydrogen (secondary N) is 2. The van der Waals surface area contributed by atoms with Crippen LogP contribution < -0.4 is 10.6 Å². The molecule has 5 heteroatoms. The highest BCUT2D eigenvalue weighted by atomic mass is 16.2. The number of hydrogen-bond donors (Lipinski definition) is 2. The van der Waals surface area contributed by atoms with Gasteiger partial charge in [-0.15, -0.1) is 0 Å². The number of amides is 2. The van der Waals surface area contributed by atoms with E-state index in [1.54, 1.807) is 0 Å². The van der Waals surface area contributed by atoms with Gasteiger partial charge >= 0.3 is 0 Å². The lowest BCUT2D eigenvalue weighted by atomic mass is 9.63. The van der Waals surface area contributed by atoms with Crippen LogP contribution in [0.2, 0.25) is 0 Å². The number of carbonyl (C=O) groups excluding carboxylic acids is 2. The van der Waals surface area contributed by atoms with Crippen LogP contribution in [-0.4, -0.2) is 48.9 Å². The maximum atomic E-state index is 13.2. The third-order valence-corrected chi connectivity index (χ3v) is 6.31. The molecule has 3 rings (SSSR count). The molecule has 3 fully saturated rings. The van der Waals surface area contributed by atoms with Gasteiger partial charge in [-0.25, -0.2) is 0 Å². The molecule has 0 bridgehead atoms. The van der Waals surface area contributed by atoms with Crippen molar-refractivity contribution < 1.29 is 9.59 Å². The zero-order valence-corrected chi connectivity index (χ0v) is 16.0. The number of rotatable bonds is 6. The number of hydrogen-bond acceptors (Lipinski definition) is 3. The maximum Gasteiger partial charge on any atom is 0.237 e. The van der Waals surface area contributed by atoms with E-state index in [-0.39, 0.29) is 17.4 Å². The molecule has 2 heterocycles. The van der Waals surface area contributed by atoms with Gasteiger partial charge in [0.1, 0.15) is 0 Å². The lowest BCUT2D eigenvalue weighted by Crippen LogP contribution is -2.53. The fraction of sp³-hybridized carbons (Fsp3) is 0.900. The van der Waals surface area contributed by atoms with Crippen molar-refractivity contribution in [3.8, 4) is 0 Å². The lowest BCUT2D eigenvalue weighted by molar-refractivity contribution is -0.150. The topological polar surface area (TPSA) is 61.4 Å². The molecule has 0 spiro atoms. The van der Waals surface area contributed by atoms with Crippen LogP contribution in [0.1, 0.15) is 65.2 Å². The second kappa shape index (κ2) is 8.07. The van der Waals surface area contributed by atoms with Crippen LogP contribution in [0.3, 0.4) is 0 Å². The average molecular weight is 350 g/mol. The zero-order chi connectivity index (χ0) is 17.9. The fourth-order valence-corrected chi connectivity index (χ4v) is 4.92. The fourth-order valence-electron chi connectivity index (χ4n) is 4.92. The van der Waals surface area contributed by atoms with Gasteiger partial charge in [-0.05, 0) is 63.3 Å². The molecule has 0 radical (unpaired) electrons. The van der Waals surface area contributed by atoms with Crippen molar-refractivity contribution in [3.63, 3.8) is 0 Å². The molecule has 3 aliphatic rings. The molecule has 25 heavy (non-hydrogen) atoms. The van der Waals surface area contributed by atoms with E-state index in [1.807, 2.05) is 0 Å². The third kappa shape index (κ3) is 4.36. The minimum Gasteiger partial charge on any atom is -0.354 e. The molecular weight excluding hydrogens is 314 g/mol. The van der Waals surface area contributed by atoms with Crippen LogP contribution in [0.15, 0.2) is 0 Å². The molecule has 2 N–H and O–H groups in total. The second-order valence-corrected chi connectivity index (χ2v) is 8.89. The van der Waals surface area contributed by atoms with E-state index >= 15 is 0 Å². The maximum absolute atomic E-state index is 13.2. The van der Waals surface area contributed by atoms with Gasteiger partial charge in [0, 0.05) is 25.0 Å². The molecule has 2 aliphatic heterocycles. The summed E-state index contributed by atoms with van der Waals surface area (Å²) in [6, 6.07) is -0.00869. The van der Waals surface area contributed by atoms with Crippen LogP contribution in [0.4, 0.5) is 0 Å².